The van der Waals surface area contributed by atoms with Gasteiger partial charge in [0, 0.05) is 25.9 Å². The van der Waals surface area contributed by atoms with Crippen LogP contribution in [0.1, 0.15) is 24.3 Å². The summed E-state index contributed by atoms with van der Waals surface area (Å²) in [5, 5.41) is 4.45. The number of anilines is 1. The minimum Gasteiger partial charge on any atom is -0.490 e. The van der Waals surface area contributed by atoms with Gasteiger partial charge in [0.1, 0.15) is 11.9 Å². The SMILES string of the molecule is FCc1nc(-c2cnc(N3CCC(Oc4ccccc4C(F)(F)F)CC3)s2)no1. The lowest BCUT2D eigenvalue weighted by Gasteiger charge is -2.32. The van der Waals surface area contributed by atoms with Crippen LogP contribution in [0.4, 0.5) is 22.7 Å². The molecule has 4 rings (SSSR count). The molecule has 0 N–H and O–H groups in total. The number of nitrogens with zero attached hydrogens (tertiary/aromatic N) is 4. The molecule has 29 heavy (non-hydrogen) atoms. The van der Waals surface area contributed by atoms with Gasteiger partial charge >= 0.3 is 6.18 Å². The van der Waals surface area contributed by atoms with E-state index in [-0.39, 0.29) is 23.6 Å². The molecule has 6 nitrogen and oxygen atoms in total. The van der Waals surface area contributed by atoms with E-state index in [4.69, 9.17) is 9.26 Å². The molecule has 2 aromatic heterocycles. The highest BCUT2D eigenvalue weighted by Gasteiger charge is 2.35. The van der Waals surface area contributed by atoms with Crippen LogP contribution in [0.15, 0.2) is 35.0 Å². The molecule has 154 valence electrons. The zero-order valence-electron chi connectivity index (χ0n) is 15.0. The van der Waals surface area contributed by atoms with Crippen molar-refractivity contribution in [2.75, 3.05) is 18.0 Å². The molecular weight excluding hydrogens is 412 g/mol. The molecule has 1 fully saturated rings. The quantitative estimate of drug-likeness (QED) is 0.548. The molecule has 0 unspecified atom stereocenters. The van der Waals surface area contributed by atoms with Gasteiger partial charge in [-0.3, -0.25) is 0 Å². The Morgan fingerprint density at radius 3 is 2.66 bits per heavy atom. The lowest BCUT2D eigenvalue weighted by Crippen LogP contribution is -2.38. The lowest BCUT2D eigenvalue weighted by molar-refractivity contribution is -0.139. The first-order valence-electron chi connectivity index (χ1n) is 8.86. The van der Waals surface area contributed by atoms with Crippen molar-refractivity contribution >= 4 is 16.5 Å². The van der Waals surface area contributed by atoms with Crippen molar-refractivity contribution in [3.63, 3.8) is 0 Å². The van der Waals surface area contributed by atoms with Gasteiger partial charge in [0.15, 0.2) is 11.8 Å². The van der Waals surface area contributed by atoms with Crippen LogP contribution in [0, 0.1) is 0 Å². The second-order valence-corrected chi connectivity index (χ2v) is 7.46. The van der Waals surface area contributed by atoms with E-state index >= 15 is 0 Å². The van der Waals surface area contributed by atoms with Crippen molar-refractivity contribution in [2.45, 2.75) is 31.8 Å². The normalized spacial score (nSPS) is 15.7. The summed E-state index contributed by atoms with van der Waals surface area (Å²) in [7, 11) is 0. The maximum Gasteiger partial charge on any atom is 0.419 e. The first kappa shape index (κ1) is 19.6. The molecule has 0 bridgehead atoms. The first-order chi connectivity index (χ1) is 13.9. The molecule has 0 spiro atoms. The number of thiazole rings is 1. The first-order valence-corrected chi connectivity index (χ1v) is 9.68. The molecule has 0 aliphatic carbocycles. The van der Waals surface area contributed by atoms with Gasteiger partial charge in [-0.05, 0) is 12.1 Å². The predicted molar refractivity (Wildman–Crippen MR) is 97.5 cm³/mol. The number of hydrogen-bond acceptors (Lipinski definition) is 7. The summed E-state index contributed by atoms with van der Waals surface area (Å²) in [6.45, 7) is 0.352. The molecule has 0 radical (unpaired) electrons. The van der Waals surface area contributed by atoms with Crippen molar-refractivity contribution < 1.29 is 26.8 Å². The van der Waals surface area contributed by atoms with Crippen LogP contribution in [-0.2, 0) is 12.9 Å². The zero-order chi connectivity index (χ0) is 20.4. The number of halogens is 4. The molecular formula is C18H16F4N4O2S. The number of ether oxygens (including phenoxy) is 1. The molecule has 0 amide bonds. The Morgan fingerprint density at radius 2 is 1.97 bits per heavy atom. The molecule has 0 atom stereocenters. The van der Waals surface area contributed by atoms with Gasteiger partial charge in [-0.2, -0.15) is 18.2 Å². The van der Waals surface area contributed by atoms with Gasteiger partial charge in [-0.15, -0.1) is 0 Å². The summed E-state index contributed by atoms with van der Waals surface area (Å²) in [5.41, 5.74) is -0.764. The third-order valence-electron chi connectivity index (χ3n) is 4.49. The Bertz CT molecular complexity index is 967. The number of piperidine rings is 1. The highest BCUT2D eigenvalue weighted by Crippen LogP contribution is 2.37. The highest BCUT2D eigenvalue weighted by atomic mass is 32.1. The standard InChI is InChI=1S/C18H16F4N4O2S/c19-9-15-24-16(25-28-15)14-10-23-17(29-14)26-7-5-11(6-8-26)27-13-4-2-1-3-12(13)18(20,21)22/h1-4,10-11H,5-9H2. The Morgan fingerprint density at radius 1 is 1.21 bits per heavy atom. The summed E-state index contributed by atoms with van der Waals surface area (Å²) < 4.78 is 62.3. The number of benzene rings is 1. The fourth-order valence-corrected chi connectivity index (χ4v) is 3.97. The summed E-state index contributed by atoms with van der Waals surface area (Å²) in [4.78, 5) is 11.0. The van der Waals surface area contributed by atoms with E-state index in [1.807, 2.05) is 4.90 Å². The third-order valence-corrected chi connectivity index (χ3v) is 5.55. The second-order valence-electron chi connectivity index (χ2n) is 6.45. The largest absolute Gasteiger partial charge is 0.490 e. The molecule has 1 aliphatic heterocycles. The maximum absolute atomic E-state index is 13.1. The minimum absolute atomic E-state index is 0.0907. The van der Waals surface area contributed by atoms with Crippen LogP contribution in [0.3, 0.4) is 0 Å². The van der Waals surface area contributed by atoms with Gasteiger partial charge in [0.05, 0.1) is 16.6 Å². The van der Waals surface area contributed by atoms with Crippen LogP contribution in [-0.4, -0.2) is 34.3 Å². The Balaban J connectivity index is 1.38. The number of para-hydroxylation sites is 1. The lowest BCUT2D eigenvalue weighted by atomic mass is 10.1. The summed E-state index contributed by atoms with van der Waals surface area (Å²) >= 11 is 1.35. The van der Waals surface area contributed by atoms with E-state index < -0.39 is 18.4 Å². The topological polar surface area (TPSA) is 64.3 Å². The van der Waals surface area contributed by atoms with Crippen molar-refractivity contribution in [3.8, 4) is 16.5 Å². The molecule has 3 heterocycles. The summed E-state index contributed by atoms with van der Waals surface area (Å²) in [5.74, 6) is 0.0474. The second kappa shape index (κ2) is 7.97. The number of hydrogen-bond donors (Lipinski definition) is 0. The minimum atomic E-state index is -4.45. The Labute approximate surface area is 167 Å². The van der Waals surface area contributed by atoms with Crippen LogP contribution < -0.4 is 9.64 Å². The molecule has 3 aromatic rings. The van der Waals surface area contributed by atoms with Crippen LogP contribution in [0.25, 0.3) is 10.7 Å². The number of alkyl halides is 4. The smallest absolute Gasteiger partial charge is 0.419 e. The monoisotopic (exact) mass is 428 g/mol. The van der Waals surface area contributed by atoms with Crippen molar-refractivity contribution in [1.82, 2.24) is 15.1 Å². The van der Waals surface area contributed by atoms with E-state index in [2.05, 4.69) is 15.1 Å². The van der Waals surface area contributed by atoms with E-state index in [9.17, 15) is 17.6 Å². The zero-order valence-corrected chi connectivity index (χ0v) is 15.8. The fraction of sp³-hybridized carbons (Fsp3) is 0.389. The molecule has 1 aromatic carbocycles. The maximum atomic E-state index is 13.1. The Hall–Kier alpha value is -2.69. The van der Waals surface area contributed by atoms with Crippen molar-refractivity contribution in [1.29, 1.82) is 0 Å². The van der Waals surface area contributed by atoms with Gasteiger partial charge in [0.25, 0.3) is 5.89 Å². The van der Waals surface area contributed by atoms with Gasteiger partial charge in [0.2, 0.25) is 5.82 Å². The highest BCUT2D eigenvalue weighted by molar-refractivity contribution is 7.18. The average Bonchev–Trinajstić information content (AvgIpc) is 3.38. The van der Waals surface area contributed by atoms with Crippen molar-refractivity contribution in [2.24, 2.45) is 0 Å². The van der Waals surface area contributed by atoms with E-state index in [1.165, 1.54) is 29.5 Å². The number of aromatic nitrogens is 3. The number of rotatable bonds is 5. The Kier molecular flexibility index (Phi) is 5.39. The van der Waals surface area contributed by atoms with E-state index in [0.29, 0.717) is 30.8 Å². The van der Waals surface area contributed by atoms with Crippen LogP contribution in [0.5, 0.6) is 5.75 Å². The van der Waals surface area contributed by atoms with Crippen LogP contribution in [0.2, 0.25) is 0 Å². The van der Waals surface area contributed by atoms with Gasteiger partial charge in [-0.25, -0.2) is 9.37 Å². The van der Waals surface area contributed by atoms with E-state index in [0.717, 1.165) is 11.2 Å². The van der Waals surface area contributed by atoms with Gasteiger partial charge in [-0.1, -0.05) is 28.6 Å². The summed E-state index contributed by atoms with van der Waals surface area (Å²) in [6, 6.07) is 5.24. The van der Waals surface area contributed by atoms with Crippen molar-refractivity contribution in [3.05, 3.63) is 41.9 Å². The summed E-state index contributed by atoms with van der Waals surface area (Å²) in [6.07, 6.45) is -2.04. The predicted octanol–water partition coefficient (Wildman–Crippen LogP) is 4.73. The van der Waals surface area contributed by atoms with E-state index in [1.54, 1.807) is 6.20 Å². The fourth-order valence-electron chi connectivity index (χ4n) is 3.07. The van der Waals surface area contributed by atoms with Crippen LogP contribution >= 0.6 is 11.3 Å². The molecule has 1 aliphatic rings. The average molecular weight is 428 g/mol. The van der Waals surface area contributed by atoms with Gasteiger partial charge < -0.3 is 14.2 Å². The molecule has 0 saturated carbocycles. The molecule has 11 heteroatoms. The third kappa shape index (κ3) is 4.34. The molecule has 1 saturated heterocycles.